The molecule has 0 saturated carbocycles. The first-order chi connectivity index (χ1) is 4.79. The van der Waals surface area contributed by atoms with E-state index < -0.39 is 12.3 Å². The van der Waals surface area contributed by atoms with Gasteiger partial charge in [0.1, 0.15) is 6.23 Å². The minimum Gasteiger partial charge on any atom is -0.389 e. The second-order valence-electron chi connectivity index (χ2n) is 3.28. The smallest absolute Gasteiger partial charge is 0.133 e. The molecule has 3 heterocycles. The lowest BCUT2D eigenvalue weighted by molar-refractivity contribution is -0.163. The monoisotopic (exact) mass is 143 g/mol. The van der Waals surface area contributed by atoms with Gasteiger partial charge >= 0.3 is 0 Å². The average molecular weight is 143 g/mol. The van der Waals surface area contributed by atoms with Crippen LogP contribution in [0.3, 0.4) is 0 Å². The van der Waals surface area contributed by atoms with Gasteiger partial charge in [-0.1, -0.05) is 0 Å². The van der Waals surface area contributed by atoms with Gasteiger partial charge in [0.05, 0.1) is 6.10 Å². The minimum absolute atomic E-state index is 0.361. The minimum atomic E-state index is -0.576. The van der Waals surface area contributed by atoms with Crippen LogP contribution in [0.1, 0.15) is 12.8 Å². The summed E-state index contributed by atoms with van der Waals surface area (Å²) in [6.45, 7) is 1.92. The van der Waals surface area contributed by atoms with Crippen LogP contribution in [0, 0.1) is 5.92 Å². The van der Waals surface area contributed by atoms with Crippen molar-refractivity contribution in [2.75, 3.05) is 13.1 Å². The van der Waals surface area contributed by atoms with Crippen molar-refractivity contribution in [1.29, 1.82) is 0 Å². The molecule has 0 aromatic carbocycles. The molecule has 0 spiro atoms. The summed E-state index contributed by atoms with van der Waals surface area (Å²) >= 11 is 0. The van der Waals surface area contributed by atoms with E-state index in [1.807, 2.05) is 4.90 Å². The number of hydrogen-bond donors (Lipinski definition) is 2. The first-order valence-electron chi connectivity index (χ1n) is 3.89. The Labute approximate surface area is 60.3 Å². The average Bonchev–Trinajstić information content (AvgIpc) is 2.00. The second-order valence-corrected chi connectivity index (χ2v) is 3.28. The summed E-state index contributed by atoms with van der Waals surface area (Å²) < 4.78 is 0. The maximum atomic E-state index is 9.38. The molecular weight excluding hydrogens is 130 g/mol. The molecule has 0 radical (unpaired) electrons. The quantitative estimate of drug-likeness (QED) is 0.475. The Balaban J connectivity index is 2.13. The molecule has 10 heavy (non-hydrogen) atoms. The molecule has 1 unspecified atom stereocenters. The molecule has 0 aromatic heterocycles. The Bertz CT molecular complexity index is 112. The first kappa shape index (κ1) is 6.58. The third-order valence-electron chi connectivity index (χ3n) is 2.74. The normalized spacial score (nSPS) is 53.4. The van der Waals surface area contributed by atoms with Crippen LogP contribution in [0.5, 0.6) is 0 Å². The van der Waals surface area contributed by atoms with Gasteiger partial charge in [0, 0.05) is 13.1 Å². The summed E-state index contributed by atoms with van der Waals surface area (Å²) in [6, 6.07) is 0. The molecule has 0 aromatic rings. The first-order valence-corrected chi connectivity index (χ1v) is 3.89. The number of aliphatic hydroxyl groups is 2. The Morgan fingerprint density at radius 3 is 2.00 bits per heavy atom. The van der Waals surface area contributed by atoms with Crippen molar-refractivity contribution in [1.82, 2.24) is 4.90 Å². The summed E-state index contributed by atoms with van der Waals surface area (Å²) in [4.78, 5) is 1.95. The zero-order valence-corrected chi connectivity index (χ0v) is 5.90. The molecule has 3 nitrogen and oxygen atoms in total. The lowest BCUT2D eigenvalue weighted by atomic mass is 9.85. The fourth-order valence-electron chi connectivity index (χ4n) is 1.98. The Morgan fingerprint density at radius 1 is 1.10 bits per heavy atom. The van der Waals surface area contributed by atoms with E-state index in [2.05, 4.69) is 0 Å². The van der Waals surface area contributed by atoms with E-state index >= 15 is 0 Å². The van der Waals surface area contributed by atoms with Gasteiger partial charge in [0.15, 0.2) is 0 Å². The summed E-state index contributed by atoms with van der Waals surface area (Å²) in [5.41, 5.74) is 0. The van der Waals surface area contributed by atoms with Gasteiger partial charge in [-0.25, -0.2) is 0 Å². The van der Waals surface area contributed by atoms with Crippen molar-refractivity contribution in [3.63, 3.8) is 0 Å². The van der Waals surface area contributed by atoms with Crippen LogP contribution < -0.4 is 0 Å². The topological polar surface area (TPSA) is 43.7 Å². The highest BCUT2D eigenvalue weighted by Gasteiger charge is 2.39. The summed E-state index contributed by atoms with van der Waals surface area (Å²) in [7, 11) is 0. The third kappa shape index (κ3) is 0.779. The number of aliphatic hydroxyl groups excluding tert-OH is 2. The Kier molecular flexibility index (Phi) is 1.44. The van der Waals surface area contributed by atoms with E-state index in [9.17, 15) is 10.2 Å². The molecule has 0 aliphatic carbocycles. The van der Waals surface area contributed by atoms with Crippen molar-refractivity contribution in [3.8, 4) is 0 Å². The molecular formula is C7H13NO2. The Hall–Kier alpha value is -0.120. The van der Waals surface area contributed by atoms with E-state index in [-0.39, 0.29) is 0 Å². The van der Waals surface area contributed by atoms with Crippen molar-refractivity contribution in [2.24, 2.45) is 5.92 Å². The fourth-order valence-corrected chi connectivity index (χ4v) is 1.98. The van der Waals surface area contributed by atoms with E-state index in [0.29, 0.717) is 5.92 Å². The molecule has 2 bridgehead atoms. The highest BCUT2D eigenvalue weighted by molar-refractivity contribution is 4.89. The maximum absolute atomic E-state index is 9.38. The highest BCUT2D eigenvalue weighted by Crippen LogP contribution is 2.30. The summed E-state index contributed by atoms with van der Waals surface area (Å²) in [5.74, 6) is 0.361. The maximum Gasteiger partial charge on any atom is 0.133 e. The van der Waals surface area contributed by atoms with Gasteiger partial charge in [-0.15, -0.1) is 0 Å². The summed E-state index contributed by atoms with van der Waals surface area (Å²) in [6.07, 6.45) is 1.05. The van der Waals surface area contributed by atoms with Crippen LogP contribution in [0.15, 0.2) is 0 Å². The molecule has 58 valence electrons. The molecule has 3 aliphatic rings. The van der Waals surface area contributed by atoms with E-state index in [1.54, 1.807) is 0 Å². The van der Waals surface area contributed by atoms with E-state index in [4.69, 9.17) is 0 Å². The third-order valence-corrected chi connectivity index (χ3v) is 2.74. The lowest BCUT2D eigenvalue weighted by Crippen LogP contribution is -2.57. The van der Waals surface area contributed by atoms with Gasteiger partial charge in [-0.05, 0) is 18.8 Å². The SMILES string of the molecule is OC1C2CCN(CC2)[C@H]1O. The van der Waals surface area contributed by atoms with Crippen molar-refractivity contribution in [3.05, 3.63) is 0 Å². The van der Waals surface area contributed by atoms with Crippen molar-refractivity contribution in [2.45, 2.75) is 25.2 Å². The molecule has 3 aliphatic heterocycles. The number of hydrogen-bond acceptors (Lipinski definition) is 3. The lowest BCUT2D eigenvalue weighted by Gasteiger charge is -2.46. The second kappa shape index (κ2) is 2.19. The highest BCUT2D eigenvalue weighted by atomic mass is 16.3. The molecule has 2 N–H and O–H groups in total. The Morgan fingerprint density at radius 2 is 1.70 bits per heavy atom. The van der Waals surface area contributed by atoms with Gasteiger partial charge < -0.3 is 10.2 Å². The predicted molar refractivity (Wildman–Crippen MR) is 36.3 cm³/mol. The van der Waals surface area contributed by atoms with Crippen LogP contribution in [0.4, 0.5) is 0 Å². The number of rotatable bonds is 0. The van der Waals surface area contributed by atoms with Crippen molar-refractivity contribution >= 4 is 0 Å². The van der Waals surface area contributed by atoms with Crippen LogP contribution in [0.25, 0.3) is 0 Å². The van der Waals surface area contributed by atoms with E-state index in [1.165, 1.54) is 0 Å². The van der Waals surface area contributed by atoms with Gasteiger partial charge in [-0.3, -0.25) is 4.90 Å². The largest absolute Gasteiger partial charge is 0.389 e. The van der Waals surface area contributed by atoms with Crippen molar-refractivity contribution < 1.29 is 10.2 Å². The van der Waals surface area contributed by atoms with Crippen LogP contribution in [-0.4, -0.2) is 40.5 Å². The number of piperidine rings is 3. The zero-order chi connectivity index (χ0) is 7.14. The zero-order valence-electron chi connectivity index (χ0n) is 5.90. The number of fused-ring (bicyclic) bond motifs is 3. The number of nitrogens with zero attached hydrogens (tertiary/aromatic N) is 1. The molecule has 3 heteroatoms. The molecule has 2 atom stereocenters. The fraction of sp³-hybridized carbons (Fsp3) is 1.00. The standard InChI is InChI=1S/C7H13NO2/c9-6-5-1-3-8(4-2-5)7(6)10/h5-7,9-10H,1-4H2/t6?,7-/m0/s1. The van der Waals surface area contributed by atoms with Crippen LogP contribution in [0.2, 0.25) is 0 Å². The molecule has 0 amide bonds. The molecule has 3 saturated heterocycles. The molecule has 3 fully saturated rings. The van der Waals surface area contributed by atoms with Gasteiger partial charge in [-0.2, -0.15) is 0 Å². The molecule has 3 rings (SSSR count). The summed E-state index contributed by atoms with van der Waals surface area (Å²) in [5, 5.41) is 18.7. The van der Waals surface area contributed by atoms with Gasteiger partial charge in [0.25, 0.3) is 0 Å². The van der Waals surface area contributed by atoms with Crippen LogP contribution in [-0.2, 0) is 0 Å². The van der Waals surface area contributed by atoms with E-state index in [0.717, 1.165) is 25.9 Å². The predicted octanol–water partition coefficient (Wildman–Crippen LogP) is -0.609. The van der Waals surface area contributed by atoms with Crippen LogP contribution >= 0.6 is 0 Å². The van der Waals surface area contributed by atoms with Gasteiger partial charge in [0.2, 0.25) is 0 Å².